The number of benzene rings is 1. The number of hydrogen-bond donors (Lipinski definition) is 3. The maximum atomic E-state index is 12.4. The molecule has 9 heteroatoms. The van der Waals surface area contributed by atoms with Crippen LogP contribution in [0.25, 0.3) is 11.0 Å². The maximum Gasteiger partial charge on any atom is 0.341 e. The van der Waals surface area contributed by atoms with Gasteiger partial charge in [0.1, 0.15) is 11.4 Å². The highest BCUT2D eigenvalue weighted by molar-refractivity contribution is 6.09. The molecule has 2 heterocycles. The Morgan fingerprint density at radius 1 is 1.38 bits per heavy atom. The third-order valence-corrected chi connectivity index (χ3v) is 3.56. The fraction of sp³-hybridized carbons (Fsp3) is 0.118. The van der Waals surface area contributed by atoms with Crippen LogP contribution < -0.4 is 11.1 Å². The summed E-state index contributed by atoms with van der Waals surface area (Å²) in [6.07, 6.45) is 0. The summed E-state index contributed by atoms with van der Waals surface area (Å²) in [7, 11) is 0. The van der Waals surface area contributed by atoms with Crippen molar-refractivity contribution in [2.45, 2.75) is 6.92 Å². The zero-order valence-electron chi connectivity index (χ0n) is 13.7. The van der Waals surface area contributed by atoms with E-state index in [0.29, 0.717) is 22.2 Å². The maximum absolute atomic E-state index is 12.4. The van der Waals surface area contributed by atoms with Crippen LogP contribution in [0.1, 0.15) is 33.2 Å². The Balaban J connectivity index is 1.95. The monoisotopic (exact) mass is 350 g/mol. The molecule has 0 aliphatic carbocycles. The van der Waals surface area contributed by atoms with Gasteiger partial charge in [-0.05, 0) is 31.2 Å². The Labute approximate surface area is 147 Å². The lowest BCUT2D eigenvalue weighted by Gasteiger charge is -2.06. The van der Waals surface area contributed by atoms with E-state index in [4.69, 9.17) is 15.7 Å². The van der Waals surface area contributed by atoms with E-state index >= 15 is 0 Å². The lowest BCUT2D eigenvalue weighted by atomic mass is 10.1. The SMILES string of the molecule is CCOC(=O)c1cc2c(NC(=O)c3cccc(C#N)c3)n[nH]c2nc1N. The lowest BCUT2D eigenvalue weighted by Crippen LogP contribution is -2.13. The van der Waals surface area contributed by atoms with Gasteiger partial charge in [0.05, 0.1) is 23.6 Å². The summed E-state index contributed by atoms with van der Waals surface area (Å²) in [5.41, 5.74) is 6.84. The first-order valence-electron chi connectivity index (χ1n) is 7.66. The number of anilines is 2. The molecular weight excluding hydrogens is 336 g/mol. The van der Waals surface area contributed by atoms with Crippen molar-refractivity contribution in [3.63, 3.8) is 0 Å². The van der Waals surface area contributed by atoms with E-state index in [0.717, 1.165) is 0 Å². The van der Waals surface area contributed by atoms with Gasteiger partial charge in [-0.15, -0.1) is 0 Å². The third-order valence-electron chi connectivity index (χ3n) is 3.56. The molecule has 0 unspecified atom stereocenters. The number of carbonyl (C=O) groups is 2. The Bertz CT molecular complexity index is 1050. The number of fused-ring (bicyclic) bond motifs is 1. The second kappa shape index (κ2) is 6.90. The van der Waals surface area contributed by atoms with Crippen LogP contribution in [-0.2, 0) is 4.74 Å². The third kappa shape index (κ3) is 3.16. The van der Waals surface area contributed by atoms with Crippen LogP contribution in [0.4, 0.5) is 11.6 Å². The number of nitrogens with zero attached hydrogens (tertiary/aromatic N) is 3. The average molecular weight is 350 g/mol. The van der Waals surface area contributed by atoms with Crippen molar-refractivity contribution in [1.29, 1.82) is 5.26 Å². The highest BCUT2D eigenvalue weighted by Crippen LogP contribution is 2.24. The highest BCUT2D eigenvalue weighted by Gasteiger charge is 2.18. The van der Waals surface area contributed by atoms with E-state index < -0.39 is 11.9 Å². The molecule has 3 aromatic rings. The number of ether oxygens (including phenoxy) is 1. The summed E-state index contributed by atoms with van der Waals surface area (Å²) in [5.74, 6) is -0.880. The smallest absolute Gasteiger partial charge is 0.341 e. The largest absolute Gasteiger partial charge is 0.462 e. The van der Waals surface area contributed by atoms with Crippen molar-refractivity contribution >= 4 is 34.5 Å². The van der Waals surface area contributed by atoms with Gasteiger partial charge in [0.2, 0.25) is 0 Å². The van der Waals surface area contributed by atoms with Crippen molar-refractivity contribution in [2.75, 3.05) is 17.7 Å². The van der Waals surface area contributed by atoms with Gasteiger partial charge in [0, 0.05) is 5.56 Å². The van der Waals surface area contributed by atoms with E-state index in [1.54, 1.807) is 25.1 Å². The van der Waals surface area contributed by atoms with Gasteiger partial charge in [0.15, 0.2) is 11.5 Å². The average Bonchev–Trinajstić information content (AvgIpc) is 3.02. The normalized spacial score (nSPS) is 10.3. The molecule has 130 valence electrons. The Hall–Kier alpha value is -3.93. The number of nitriles is 1. The molecule has 0 bridgehead atoms. The molecule has 0 aliphatic heterocycles. The standard InChI is InChI=1S/C17H14N6O3/c1-2-26-17(25)11-7-12-14(20-13(11)19)22-23-15(12)21-16(24)10-5-3-4-9(6-10)8-18/h3-7H,2H2,1H3,(H4,19,20,21,22,23,24). The summed E-state index contributed by atoms with van der Waals surface area (Å²) in [6.45, 7) is 1.87. The molecule has 0 spiro atoms. The van der Waals surface area contributed by atoms with E-state index in [1.165, 1.54) is 12.1 Å². The minimum absolute atomic E-state index is 0.000743. The summed E-state index contributed by atoms with van der Waals surface area (Å²) < 4.78 is 4.94. The molecule has 26 heavy (non-hydrogen) atoms. The van der Waals surface area contributed by atoms with Gasteiger partial charge in [-0.1, -0.05) is 6.07 Å². The van der Waals surface area contributed by atoms with Crippen LogP contribution in [0.5, 0.6) is 0 Å². The second-order valence-electron chi connectivity index (χ2n) is 5.26. The number of aromatic nitrogens is 3. The van der Waals surface area contributed by atoms with Gasteiger partial charge in [-0.25, -0.2) is 9.78 Å². The topological polar surface area (TPSA) is 147 Å². The van der Waals surface area contributed by atoms with E-state index in [9.17, 15) is 9.59 Å². The number of hydrogen-bond acceptors (Lipinski definition) is 7. The fourth-order valence-corrected chi connectivity index (χ4v) is 2.34. The molecule has 0 aliphatic rings. The molecule has 0 fully saturated rings. The Morgan fingerprint density at radius 2 is 2.19 bits per heavy atom. The van der Waals surface area contributed by atoms with Crippen molar-refractivity contribution < 1.29 is 14.3 Å². The van der Waals surface area contributed by atoms with E-state index in [2.05, 4.69) is 20.5 Å². The molecule has 1 aromatic carbocycles. The molecule has 1 amide bonds. The molecule has 9 nitrogen and oxygen atoms in total. The zero-order valence-corrected chi connectivity index (χ0v) is 13.7. The fourth-order valence-electron chi connectivity index (χ4n) is 2.34. The van der Waals surface area contributed by atoms with Crippen molar-refractivity contribution in [2.24, 2.45) is 0 Å². The number of pyridine rings is 1. The number of aromatic amines is 1. The van der Waals surface area contributed by atoms with Gasteiger partial charge in [0.25, 0.3) is 5.91 Å². The van der Waals surface area contributed by atoms with Gasteiger partial charge >= 0.3 is 5.97 Å². The number of H-pyrrole nitrogens is 1. The molecule has 4 N–H and O–H groups in total. The van der Waals surface area contributed by atoms with E-state index in [-0.39, 0.29) is 23.8 Å². The summed E-state index contributed by atoms with van der Waals surface area (Å²) in [5, 5.41) is 18.6. The predicted molar refractivity (Wildman–Crippen MR) is 93.4 cm³/mol. The Kier molecular flexibility index (Phi) is 4.49. The quantitative estimate of drug-likeness (QED) is 0.608. The molecule has 0 saturated carbocycles. The number of rotatable bonds is 4. The first-order valence-corrected chi connectivity index (χ1v) is 7.66. The minimum Gasteiger partial charge on any atom is -0.462 e. The number of amides is 1. The van der Waals surface area contributed by atoms with Crippen molar-refractivity contribution in [3.05, 3.63) is 47.0 Å². The van der Waals surface area contributed by atoms with Crippen LogP contribution in [-0.4, -0.2) is 33.7 Å². The van der Waals surface area contributed by atoms with Crippen molar-refractivity contribution in [1.82, 2.24) is 15.2 Å². The number of nitrogens with one attached hydrogen (secondary N) is 2. The first kappa shape index (κ1) is 16.9. The minimum atomic E-state index is -0.611. The molecular formula is C17H14N6O3. The molecule has 0 saturated heterocycles. The van der Waals surface area contributed by atoms with Crippen LogP contribution in [0.2, 0.25) is 0 Å². The lowest BCUT2D eigenvalue weighted by molar-refractivity contribution is 0.0527. The first-order chi connectivity index (χ1) is 12.5. The summed E-state index contributed by atoms with van der Waals surface area (Å²) in [6, 6.07) is 9.67. The molecule has 2 aromatic heterocycles. The number of esters is 1. The molecule has 0 atom stereocenters. The van der Waals surface area contributed by atoms with Gasteiger partial charge < -0.3 is 15.8 Å². The van der Waals surface area contributed by atoms with Crippen molar-refractivity contribution in [3.8, 4) is 6.07 Å². The Morgan fingerprint density at radius 3 is 2.92 bits per heavy atom. The van der Waals surface area contributed by atoms with Gasteiger partial charge in [-0.3, -0.25) is 9.89 Å². The highest BCUT2D eigenvalue weighted by atomic mass is 16.5. The zero-order chi connectivity index (χ0) is 18.7. The second-order valence-corrected chi connectivity index (χ2v) is 5.26. The van der Waals surface area contributed by atoms with Gasteiger partial charge in [-0.2, -0.15) is 10.4 Å². The summed E-state index contributed by atoms with van der Waals surface area (Å²) >= 11 is 0. The molecule has 0 radical (unpaired) electrons. The van der Waals surface area contributed by atoms with Crippen LogP contribution >= 0.6 is 0 Å². The molecule has 3 rings (SSSR count). The summed E-state index contributed by atoms with van der Waals surface area (Å²) in [4.78, 5) is 28.4. The van der Waals surface area contributed by atoms with Crippen LogP contribution in [0.3, 0.4) is 0 Å². The number of carbonyl (C=O) groups excluding carboxylic acids is 2. The van der Waals surface area contributed by atoms with Crippen LogP contribution in [0.15, 0.2) is 30.3 Å². The number of nitrogens with two attached hydrogens (primary N) is 1. The van der Waals surface area contributed by atoms with Crippen LogP contribution in [0, 0.1) is 11.3 Å². The predicted octanol–water partition coefficient (Wildman–Crippen LogP) is 1.84. The number of nitrogen functional groups attached to an aromatic ring is 1. The van der Waals surface area contributed by atoms with E-state index in [1.807, 2.05) is 6.07 Å².